The molecule has 2 aromatic carbocycles. The lowest BCUT2D eigenvalue weighted by molar-refractivity contribution is -0.142. The van der Waals surface area contributed by atoms with E-state index in [1.807, 2.05) is 54.6 Å². The number of hydrogen-bond donors (Lipinski definition) is 4. The summed E-state index contributed by atoms with van der Waals surface area (Å²) in [6, 6.07) is 15.4. The van der Waals surface area contributed by atoms with Crippen LogP contribution < -0.4 is 20.7 Å². The van der Waals surface area contributed by atoms with E-state index < -0.39 is 36.0 Å². The highest BCUT2D eigenvalue weighted by Crippen LogP contribution is 2.14. The largest absolute Gasteiger partial charge is 0.497 e. The van der Waals surface area contributed by atoms with Crippen LogP contribution in [-0.2, 0) is 36.9 Å². The fraction of sp³-hybridized carbons (Fsp3) is 0.515. The van der Waals surface area contributed by atoms with Crippen molar-refractivity contribution in [1.29, 1.82) is 0 Å². The van der Waals surface area contributed by atoms with Crippen LogP contribution in [0, 0.1) is 0 Å². The zero-order valence-electron chi connectivity index (χ0n) is 26.2. The van der Waals surface area contributed by atoms with Gasteiger partial charge in [-0.15, -0.1) is 12.4 Å². The molecule has 12 heteroatoms. The first-order chi connectivity index (χ1) is 21.3. The average molecular weight is 647 g/mol. The van der Waals surface area contributed by atoms with Crippen LogP contribution in [-0.4, -0.2) is 85.7 Å². The van der Waals surface area contributed by atoms with Gasteiger partial charge in [0.2, 0.25) is 17.7 Å². The minimum atomic E-state index is -1.02. The number of ether oxygens (including phenoxy) is 2. The van der Waals surface area contributed by atoms with E-state index in [1.54, 1.807) is 12.0 Å². The van der Waals surface area contributed by atoms with Gasteiger partial charge in [-0.05, 0) is 55.4 Å². The van der Waals surface area contributed by atoms with Crippen LogP contribution in [0.25, 0.3) is 0 Å². The number of aliphatic hydroxyl groups excluding tert-OH is 1. The Morgan fingerprint density at radius 3 is 2.29 bits per heavy atom. The first kappa shape index (κ1) is 37.5. The van der Waals surface area contributed by atoms with Crippen LogP contribution in [0.15, 0.2) is 54.6 Å². The van der Waals surface area contributed by atoms with Crippen molar-refractivity contribution in [3.63, 3.8) is 0 Å². The molecule has 4 N–H and O–H groups in total. The van der Waals surface area contributed by atoms with Gasteiger partial charge in [0, 0.05) is 39.0 Å². The molecule has 1 heterocycles. The monoisotopic (exact) mass is 646 g/mol. The van der Waals surface area contributed by atoms with E-state index in [9.17, 15) is 24.3 Å². The summed E-state index contributed by atoms with van der Waals surface area (Å²) in [5.74, 6) is -0.864. The molecule has 1 saturated heterocycles. The van der Waals surface area contributed by atoms with Crippen molar-refractivity contribution in [2.75, 3.05) is 33.9 Å². The van der Waals surface area contributed by atoms with E-state index in [0.717, 1.165) is 36.1 Å². The zero-order valence-corrected chi connectivity index (χ0v) is 27.0. The van der Waals surface area contributed by atoms with Gasteiger partial charge in [-0.2, -0.15) is 0 Å². The lowest BCUT2D eigenvalue weighted by Gasteiger charge is -2.29. The molecule has 0 saturated carbocycles. The Bertz CT molecular complexity index is 1210. The summed E-state index contributed by atoms with van der Waals surface area (Å²) in [4.78, 5) is 52.6. The van der Waals surface area contributed by atoms with E-state index in [-0.39, 0.29) is 50.5 Å². The number of carbonyl (C=O) groups excluding carboxylic acids is 4. The summed E-state index contributed by atoms with van der Waals surface area (Å²) in [6.07, 6.45) is 2.27. The minimum absolute atomic E-state index is 0. The molecule has 0 aliphatic carbocycles. The highest BCUT2D eigenvalue weighted by Gasteiger charge is 2.28. The van der Waals surface area contributed by atoms with Gasteiger partial charge < -0.3 is 35.4 Å². The summed E-state index contributed by atoms with van der Waals surface area (Å²) >= 11 is 0. The SMILES string of the molecule is COC(=O)CCC(=O)N[C@H](CCC(=O)N1CCCCC1)C(=O)N[C@@H](Cc1ccccc1)[C@H](O)CNCc1cccc(OC)c1.Cl. The van der Waals surface area contributed by atoms with Gasteiger partial charge in [0.05, 0.1) is 32.8 Å². The van der Waals surface area contributed by atoms with Crippen molar-refractivity contribution in [3.8, 4) is 5.75 Å². The average Bonchev–Trinajstić information content (AvgIpc) is 3.05. The number of nitrogens with zero attached hydrogens (tertiary/aromatic N) is 1. The van der Waals surface area contributed by atoms with Crippen LogP contribution in [0.3, 0.4) is 0 Å². The minimum Gasteiger partial charge on any atom is -0.497 e. The fourth-order valence-corrected chi connectivity index (χ4v) is 5.15. The van der Waals surface area contributed by atoms with Crippen LogP contribution in [0.2, 0.25) is 0 Å². The van der Waals surface area contributed by atoms with Crippen molar-refractivity contribution >= 4 is 36.1 Å². The summed E-state index contributed by atoms with van der Waals surface area (Å²) in [7, 11) is 2.85. The normalized spacial score (nSPS) is 14.7. The lowest BCUT2D eigenvalue weighted by Crippen LogP contribution is -2.55. The predicted molar refractivity (Wildman–Crippen MR) is 173 cm³/mol. The number of carbonyl (C=O) groups is 4. The molecule has 248 valence electrons. The maximum atomic E-state index is 13.6. The number of halogens is 1. The second kappa shape index (κ2) is 20.4. The smallest absolute Gasteiger partial charge is 0.306 e. The van der Waals surface area contributed by atoms with E-state index >= 15 is 0 Å². The van der Waals surface area contributed by atoms with Crippen molar-refractivity contribution in [2.45, 2.75) is 76.1 Å². The molecular formula is C33H47ClN4O7. The number of methoxy groups -OCH3 is 2. The molecular weight excluding hydrogens is 600 g/mol. The van der Waals surface area contributed by atoms with Gasteiger partial charge in [0.25, 0.3) is 0 Å². The lowest BCUT2D eigenvalue weighted by atomic mass is 9.99. The summed E-state index contributed by atoms with van der Waals surface area (Å²) in [5.41, 5.74) is 1.90. The van der Waals surface area contributed by atoms with Crippen molar-refractivity contribution in [1.82, 2.24) is 20.9 Å². The molecule has 1 fully saturated rings. The van der Waals surface area contributed by atoms with Gasteiger partial charge in [0.1, 0.15) is 11.8 Å². The number of esters is 1. The highest BCUT2D eigenvalue weighted by atomic mass is 35.5. The molecule has 2 aromatic rings. The molecule has 0 aromatic heterocycles. The molecule has 45 heavy (non-hydrogen) atoms. The first-order valence-corrected chi connectivity index (χ1v) is 15.3. The first-order valence-electron chi connectivity index (χ1n) is 15.3. The molecule has 0 bridgehead atoms. The van der Waals surface area contributed by atoms with Crippen molar-refractivity contribution in [3.05, 3.63) is 65.7 Å². The fourth-order valence-electron chi connectivity index (χ4n) is 5.15. The predicted octanol–water partition coefficient (Wildman–Crippen LogP) is 2.53. The van der Waals surface area contributed by atoms with Crippen LogP contribution in [0.5, 0.6) is 5.75 Å². The third-order valence-corrected chi connectivity index (χ3v) is 7.70. The highest BCUT2D eigenvalue weighted by molar-refractivity contribution is 5.89. The topological polar surface area (TPSA) is 146 Å². The number of nitrogens with one attached hydrogen (secondary N) is 3. The zero-order chi connectivity index (χ0) is 31.7. The molecule has 0 unspecified atom stereocenters. The number of rotatable bonds is 17. The molecule has 0 spiro atoms. The van der Waals surface area contributed by atoms with E-state index in [2.05, 4.69) is 20.7 Å². The Balaban J connectivity index is 0.00000705. The van der Waals surface area contributed by atoms with E-state index in [4.69, 9.17) is 4.74 Å². The molecule has 1 aliphatic heterocycles. The maximum absolute atomic E-state index is 13.6. The number of amides is 3. The Kier molecular flexibility index (Phi) is 17.0. The number of aliphatic hydroxyl groups is 1. The standard InChI is InChI=1S/C33H46N4O7.ClH/c1-43-26-13-9-12-25(20-26)22-34-23-29(38)28(21-24-10-5-3-6-11-24)36-33(42)27(35-30(39)15-17-32(41)44-2)14-16-31(40)37-18-7-4-8-19-37;/h3,5-6,9-13,20,27-29,34,38H,4,7-8,14-19,21-23H2,1-2H3,(H,35,39)(H,36,42);1H/t27-,28+,29-;/m1./s1. The number of likely N-dealkylation sites (tertiary alicyclic amines) is 1. The third kappa shape index (κ3) is 13.5. The summed E-state index contributed by atoms with van der Waals surface area (Å²) < 4.78 is 9.90. The van der Waals surface area contributed by atoms with E-state index in [1.165, 1.54) is 7.11 Å². The summed E-state index contributed by atoms with van der Waals surface area (Å²) in [5, 5.41) is 20.1. The second-order valence-electron chi connectivity index (χ2n) is 11.0. The number of hydrogen-bond acceptors (Lipinski definition) is 8. The molecule has 3 rings (SSSR count). The van der Waals surface area contributed by atoms with Crippen LogP contribution >= 0.6 is 12.4 Å². The van der Waals surface area contributed by atoms with Gasteiger partial charge in [-0.3, -0.25) is 19.2 Å². The Morgan fingerprint density at radius 2 is 1.60 bits per heavy atom. The van der Waals surface area contributed by atoms with Crippen molar-refractivity contribution < 1.29 is 33.8 Å². The van der Waals surface area contributed by atoms with E-state index in [0.29, 0.717) is 26.1 Å². The van der Waals surface area contributed by atoms with Crippen molar-refractivity contribution in [2.24, 2.45) is 0 Å². The second-order valence-corrected chi connectivity index (χ2v) is 11.0. The molecule has 0 radical (unpaired) electrons. The Morgan fingerprint density at radius 1 is 0.889 bits per heavy atom. The maximum Gasteiger partial charge on any atom is 0.306 e. The Hall–Kier alpha value is -3.67. The van der Waals surface area contributed by atoms with Gasteiger partial charge >= 0.3 is 5.97 Å². The van der Waals surface area contributed by atoms with Gasteiger partial charge in [-0.25, -0.2) is 0 Å². The quantitative estimate of drug-likeness (QED) is 0.192. The van der Waals surface area contributed by atoms with Gasteiger partial charge in [0.15, 0.2) is 0 Å². The van der Waals surface area contributed by atoms with Gasteiger partial charge in [-0.1, -0.05) is 42.5 Å². The number of piperidine rings is 1. The van der Waals surface area contributed by atoms with Crippen LogP contribution in [0.1, 0.15) is 56.1 Å². The van der Waals surface area contributed by atoms with Crippen LogP contribution in [0.4, 0.5) is 0 Å². The molecule has 11 nitrogen and oxygen atoms in total. The molecule has 3 amide bonds. The molecule has 3 atom stereocenters. The summed E-state index contributed by atoms with van der Waals surface area (Å²) in [6.45, 7) is 2.06. The molecule has 1 aliphatic rings. The number of benzene rings is 2. The third-order valence-electron chi connectivity index (χ3n) is 7.70. The Labute approximate surface area is 271 Å².